The Morgan fingerprint density at radius 1 is 1.31 bits per heavy atom. The van der Waals surface area contributed by atoms with Gasteiger partial charge in [-0.2, -0.15) is 0 Å². The molecule has 1 rings (SSSR count). The third-order valence-corrected chi connectivity index (χ3v) is 1.88. The van der Waals surface area contributed by atoms with Crippen LogP contribution in [-0.4, -0.2) is 13.2 Å². The molecule has 0 heterocycles. The van der Waals surface area contributed by atoms with Crippen molar-refractivity contribution in [1.29, 1.82) is 0 Å². The van der Waals surface area contributed by atoms with Crippen LogP contribution in [0.25, 0.3) is 0 Å². The maximum absolute atomic E-state index is 13.4. The van der Waals surface area contributed by atoms with Crippen molar-refractivity contribution in [3.05, 3.63) is 35.9 Å². The number of ether oxygens (including phenoxy) is 1. The molecule has 0 aliphatic heterocycles. The first-order chi connectivity index (χ1) is 6.34. The van der Waals surface area contributed by atoms with Crippen molar-refractivity contribution in [2.45, 2.75) is 19.5 Å². The van der Waals surface area contributed by atoms with Crippen molar-refractivity contribution in [1.82, 2.24) is 0 Å². The van der Waals surface area contributed by atoms with Gasteiger partial charge >= 0.3 is 0 Å². The zero-order valence-electron chi connectivity index (χ0n) is 7.87. The van der Waals surface area contributed by atoms with Gasteiger partial charge in [-0.05, 0) is 12.5 Å². The lowest BCUT2D eigenvalue weighted by Crippen LogP contribution is -1.99. The monoisotopic (exact) mass is 182 g/mol. The summed E-state index contributed by atoms with van der Waals surface area (Å²) in [5.41, 5.74) is 0.738. The van der Waals surface area contributed by atoms with Gasteiger partial charge in [-0.1, -0.05) is 30.3 Å². The van der Waals surface area contributed by atoms with E-state index in [1.807, 2.05) is 25.1 Å². The van der Waals surface area contributed by atoms with Gasteiger partial charge in [0.25, 0.3) is 0 Å². The van der Waals surface area contributed by atoms with Crippen molar-refractivity contribution in [2.75, 3.05) is 13.2 Å². The number of benzene rings is 1. The first-order valence-corrected chi connectivity index (χ1v) is 4.61. The molecule has 2 heteroatoms. The van der Waals surface area contributed by atoms with E-state index in [4.69, 9.17) is 4.74 Å². The summed E-state index contributed by atoms with van der Waals surface area (Å²) >= 11 is 0. The molecule has 13 heavy (non-hydrogen) atoms. The van der Waals surface area contributed by atoms with Gasteiger partial charge in [0, 0.05) is 19.6 Å². The van der Waals surface area contributed by atoms with E-state index in [0.29, 0.717) is 19.6 Å². The van der Waals surface area contributed by atoms with E-state index in [-0.39, 0.29) is 0 Å². The lowest BCUT2D eigenvalue weighted by Gasteiger charge is -2.07. The topological polar surface area (TPSA) is 9.23 Å². The number of halogens is 1. The first kappa shape index (κ1) is 10.2. The van der Waals surface area contributed by atoms with Crippen LogP contribution in [-0.2, 0) is 4.74 Å². The Kier molecular flexibility index (Phi) is 4.47. The molecule has 0 spiro atoms. The number of hydrogen-bond donors (Lipinski definition) is 0. The molecule has 1 atom stereocenters. The Balaban J connectivity index is 2.35. The molecule has 1 unspecified atom stereocenters. The first-order valence-electron chi connectivity index (χ1n) is 4.61. The van der Waals surface area contributed by atoms with Crippen LogP contribution in [0.15, 0.2) is 30.3 Å². The van der Waals surface area contributed by atoms with Gasteiger partial charge in [-0.25, -0.2) is 4.39 Å². The van der Waals surface area contributed by atoms with Gasteiger partial charge < -0.3 is 4.74 Å². The molecule has 0 fully saturated rings. The Hall–Kier alpha value is -0.890. The van der Waals surface area contributed by atoms with E-state index in [2.05, 4.69) is 0 Å². The maximum atomic E-state index is 13.4. The van der Waals surface area contributed by atoms with Gasteiger partial charge in [0.1, 0.15) is 6.17 Å². The summed E-state index contributed by atoms with van der Waals surface area (Å²) in [7, 11) is 0. The van der Waals surface area contributed by atoms with Crippen LogP contribution in [0, 0.1) is 0 Å². The highest BCUT2D eigenvalue weighted by molar-refractivity contribution is 5.17. The molecule has 72 valence electrons. The Bertz CT molecular complexity index is 223. The molecule has 0 aromatic heterocycles. The summed E-state index contributed by atoms with van der Waals surface area (Å²) in [6, 6.07) is 9.19. The molecule has 0 amide bonds. The summed E-state index contributed by atoms with van der Waals surface area (Å²) in [6.07, 6.45) is -0.453. The van der Waals surface area contributed by atoms with E-state index in [1.54, 1.807) is 12.1 Å². The fourth-order valence-corrected chi connectivity index (χ4v) is 1.16. The van der Waals surface area contributed by atoms with Crippen LogP contribution < -0.4 is 0 Å². The Morgan fingerprint density at radius 3 is 2.62 bits per heavy atom. The van der Waals surface area contributed by atoms with Crippen LogP contribution in [0.2, 0.25) is 0 Å². The molecule has 0 saturated carbocycles. The van der Waals surface area contributed by atoms with E-state index >= 15 is 0 Å². The fraction of sp³-hybridized carbons (Fsp3) is 0.455. The van der Waals surface area contributed by atoms with E-state index in [1.165, 1.54) is 0 Å². The minimum absolute atomic E-state index is 0.442. The second-order valence-electron chi connectivity index (χ2n) is 2.86. The molecular weight excluding hydrogens is 167 g/mol. The predicted octanol–water partition coefficient (Wildman–Crippen LogP) is 3.12. The lowest BCUT2D eigenvalue weighted by atomic mass is 10.1. The zero-order valence-corrected chi connectivity index (χ0v) is 7.87. The van der Waals surface area contributed by atoms with Gasteiger partial charge in [0.2, 0.25) is 0 Å². The zero-order chi connectivity index (χ0) is 9.52. The standard InChI is InChI=1S/C11H15FO/c1-2-13-9-8-11(12)10-6-4-3-5-7-10/h3-7,11H,2,8-9H2,1H3. The normalized spacial score (nSPS) is 12.8. The van der Waals surface area contributed by atoms with Crippen LogP contribution in [0.3, 0.4) is 0 Å². The Labute approximate surface area is 78.5 Å². The minimum Gasteiger partial charge on any atom is -0.382 e. The molecule has 1 aromatic carbocycles. The second-order valence-corrected chi connectivity index (χ2v) is 2.86. The summed E-state index contributed by atoms with van der Waals surface area (Å²) in [6.45, 7) is 3.06. The van der Waals surface area contributed by atoms with Crippen molar-refractivity contribution >= 4 is 0 Å². The van der Waals surface area contributed by atoms with E-state index in [9.17, 15) is 4.39 Å². The maximum Gasteiger partial charge on any atom is 0.127 e. The van der Waals surface area contributed by atoms with Crippen LogP contribution in [0.4, 0.5) is 4.39 Å². The van der Waals surface area contributed by atoms with Gasteiger partial charge in [-0.15, -0.1) is 0 Å². The number of rotatable bonds is 5. The quantitative estimate of drug-likeness (QED) is 0.636. The molecule has 0 radical (unpaired) electrons. The van der Waals surface area contributed by atoms with E-state index < -0.39 is 6.17 Å². The van der Waals surface area contributed by atoms with Crippen LogP contribution in [0.1, 0.15) is 25.1 Å². The smallest absolute Gasteiger partial charge is 0.127 e. The van der Waals surface area contributed by atoms with Gasteiger partial charge in [0.15, 0.2) is 0 Å². The summed E-state index contributed by atoms with van der Waals surface area (Å²) in [5, 5.41) is 0. The third-order valence-electron chi connectivity index (χ3n) is 1.88. The molecule has 0 aliphatic rings. The lowest BCUT2D eigenvalue weighted by molar-refractivity contribution is 0.122. The van der Waals surface area contributed by atoms with Gasteiger partial charge in [-0.3, -0.25) is 0 Å². The SMILES string of the molecule is CCOCCC(F)c1ccccc1. The van der Waals surface area contributed by atoms with Crippen molar-refractivity contribution in [3.63, 3.8) is 0 Å². The summed E-state index contributed by atoms with van der Waals surface area (Å²) in [4.78, 5) is 0. The molecule has 1 nitrogen and oxygen atoms in total. The molecule has 0 N–H and O–H groups in total. The third kappa shape index (κ3) is 3.55. The average molecular weight is 182 g/mol. The Morgan fingerprint density at radius 2 is 2.00 bits per heavy atom. The molecule has 0 saturated heterocycles. The highest BCUT2D eigenvalue weighted by Crippen LogP contribution is 2.20. The average Bonchev–Trinajstić information content (AvgIpc) is 2.19. The molecule has 0 aliphatic carbocycles. The fourth-order valence-electron chi connectivity index (χ4n) is 1.16. The molecular formula is C11H15FO. The summed E-state index contributed by atoms with van der Waals surface area (Å²) < 4.78 is 18.5. The van der Waals surface area contributed by atoms with Crippen LogP contribution >= 0.6 is 0 Å². The highest BCUT2D eigenvalue weighted by Gasteiger charge is 2.07. The highest BCUT2D eigenvalue weighted by atomic mass is 19.1. The van der Waals surface area contributed by atoms with Crippen molar-refractivity contribution in [2.24, 2.45) is 0 Å². The molecule has 1 aromatic rings. The summed E-state index contributed by atoms with van der Waals surface area (Å²) in [5.74, 6) is 0. The van der Waals surface area contributed by atoms with Gasteiger partial charge in [0.05, 0.1) is 0 Å². The van der Waals surface area contributed by atoms with Crippen molar-refractivity contribution < 1.29 is 9.13 Å². The second kappa shape index (κ2) is 5.70. The molecule has 0 bridgehead atoms. The number of alkyl halides is 1. The van der Waals surface area contributed by atoms with E-state index in [0.717, 1.165) is 5.56 Å². The predicted molar refractivity (Wildman–Crippen MR) is 51.4 cm³/mol. The largest absolute Gasteiger partial charge is 0.382 e. The van der Waals surface area contributed by atoms with Crippen LogP contribution in [0.5, 0.6) is 0 Å². The van der Waals surface area contributed by atoms with Crippen molar-refractivity contribution in [3.8, 4) is 0 Å². The minimum atomic E-state index is -0.896. The number of hydrogen-bond acceptors (Lipinski definition) is 1.